The van der Waals surface area contributed by atoms with Crippen molar-refractivity contribution in [3.63, 3.8) is 0 Å². The van der Waals surface area contributed by atoms with Gasteiger partial charge in [-0.25, -0.2) is 0 Å². The molecule has 23 heavy (non-hydrogen) atoms. The van der Waals surface area contributed by atoms with Crippen molar-refractivity contribution >= 4 is 22.2 Å². The molecule has 4 nitrogen and oxygen atoms in total. The lowest BCUT2D eigenvalue weighted by Gasteiger charge is -2.29. The summed E-state index contributed by atoms with van der Waals surface area (Å²) in [5.41, 5.74) is 3.52. The fourth-order valence-corrected chi connectivity index (χ4v) is 3.67. The van der Waals surface area contributed by atoms with Crippen molar-refractivity contribution in [2.45, 2.75) is 32.5 Å². The third kappa shape index (κ3) is 3.47. The minimum absolute atomic E-state index is 0.156. The number of aryl methyl sites for hydroxylation is 1. The van der Waals surface area contributed by atoms with E-state index in [1.54, 1.807) is 11.3 Å². The van der Waals surface area contributed by atoms with E-state index in [-0.39, 0.29) is 12.6 Å². The maximum atomic E-state index is 9.77. The predicted molar refractivity (Wildman–Crippen MR) is 95.4 cm³/mol. The molecular weight excluding hydrogens is 306 g/mol. The molecule has 0 amide bonds. The lowest BCUT2D eigenvalue weighted by atomic mass is 10.1. The number of aliphatic hydroxyl groups excluding tert-OH is 1. The highest BCUT2D eigenvalue weighted by Crippen LogP contribution is 2.22. The highest BCUT2D eigenvalue weighted by molar-refractivity contribution is 7.07. The number of nitrogens with zero attached hydrogens (tertiary/aromatic N) is 3. The molecule has 0 aliphatic heterocycles. The Hall–Kier alpha value is -1.69. The van der Waals surface area contributed by atoms with Crippen molar-refractivity contribution in [1.29, 1.82) is 0 Å². The molecule has 0 fully saturated rings. The van der Waals surface area contributed by atoms with Gasteiger partial charge in [-0.15, -0.1) is 0 Å². The van der Waals surface area contributed by atoms with Crippen molar-refractivity contribution in [3.8, 4) is 0 Å². The number of fused-ring (bicyclic) bond motifs is 1. The SMILES string of the molecule is CC[C@H](CO)N(Cc1ccsc1)Cc1c2ccccc2nn1C. The van der Waals surface area contributed by atoms with Crippen LogP contribution in [0.5, 0.6) is 0 Å². The smallest absolute Gasteiger partial charge is 0.0926 e. The molecule has 3 aromatic rings. The van der Waals surface area contributed by atoms with Crippen molar-refractivity contribution in [2.75, 3.05) is 6.61 Å². The van der Waals surface area contributed by atoms with Crippen LogP contribution in [0.3, 0.4) is 0 Å². The second kappa shape index (κ2) is 7.25. The lowest BCUT2D eigenvalue weighted by molar-refractivity contribution is 0.105. The Labute approximate surface area is 141 Å². The molecule has 0 aliphatic rings. The number of benzene rings is 1. The average Bonchev–Trinajstić information content (AvgIpc) is 3.17. The third-order valence-electron chi connectivity index (χ3n) is 4.38. The van der Waals surface area contributed by atoms with Gasteiger partial charge in [-0.05, 0) is 34.9 Å². The quantitative estimate of drug-likeness (QED) is 0.722. The Kier molecular flexibility index (Phi) is 5.10. The molecule has 1 aromatic carbocycles. The molecule has 1 atom stereocenters. The molecule has 0 aliphatic carbocycles. The van der Waals surface area contributed by atoms with E-state index in [2.05, 4.69) is 45.9 Å². The van der Waals surface area contributed by atoms with Crippen molar-refractivity contribution in [1.82, 2.24) is 14.7 Å². The van der Waals surface area contributed by atoms with Crippen LogP contribution in [0, 0.1) is 0 Å². The summed E-state index contributed by atoms with van der Waals surface area (Å²) in [6.07, 6.45) is 0.927. The summed E-state index contributed by atoms with van der Waals surface area (Å²) in [6, 6.07) is 10.6. The molecule has 2 aromatic heterocycles. The van der Waals surface area contributed by atoms with Gasteiger partial charge in [-0.1, -0.05) is 25.1 Å². The second-order valence-electron chi connectivity index (χ2n) is 5.87. The van der Waals surface area contributed by atoms with Crippen molar-refractivity contribution in [2.24, 2.45) is 7.05 Å². The van der Waals surface area contributed by atoms with Gasteiger partial charge in [-0.3, -0.25) is 9.58 Å². The summed E-state index contributed by atoms with van der Waals surface area (Å²) in [4.78, 5) is 2.35. The largest absolute Gasteiger partial charge is 0.395 e. The van der Waals surface area contributed by atoms with E-state index < -0.39 is 0 Å². The molecule has 0 bridgehead atoms. The first-order valence-electron chi connectivity index (χ1n) is 7.99. The molecule has 0 unspecified atom stereocenters. The Balaban J connectivity index is 1.91. The van der Waals surface area contributed by atoms with Crippen LogP contribution in [0.25, 0.3) is 10.9 Å². The van der Waals surface area contributed by atoms with Crippen LogP contribution < -0.4 is 0 Å². The zero-order valence-electron chi connectivity index (χ0n) is 13.6. The highest BCUT2D eigenvalue weighted by atomic mass is 32.1. The van der Waals surface area contributed by atoms with Gasteiger partial charge in [0.1, 0.15) is 0 Å². The topological polar surface area (TPSA) is 41.3 Å². The Morgan fingerprint density at radius 1 is 1.26 bits per heavy atom. The van der Waals surface area contributed by atoms with Crippen molar-refractivity contribution < 1.29 is 5.11 Å². The first kappa shape index (κ1) is 16.2. The van der Waals surface area contributed by atoms with Crippen LogP contribution in [-0.4, -0.2) is 32.4 Å². The van der Waals surface area contributed by atoms with E-state index in [0.717, 1.165) is 25.0 Å². The summed E-state index contributed by atoms with van der Waals surface area (Å²) in [6.45, 7) is 3.94. The van der Waals surface area contributed by atoms with Gasteiger partial charge in [0, 0.05) is 31.6 Å². The van der Waals surface area contributed by atoms with Crippen LogP contribution in [0.2, 0.25) is 0 Å². The minimum Gasteiger partial charge on any atom is -0.395 e. The van der Waals surface area contributed by atoms with Crippen molar-refractivity contribution in [3.05, 3.63) is 52.3 Å². The highest BCUT2D eigenvalue weighted by Gasteiger charge is 2.20. The molecule has 2 heterocycles. The number of hydrogen-bond donors (Lipinski definition) is 1. The molecule has 0 saturated heterocycles. The zero-order chi connectivity index (χ0) is 16.2. The van der Waals surface area contributed by atoms with Gasteiger partial charge >= 0.3 is 0 Å². The number of aromatic nitrogens is 2. The number of rotatable bonds is 7. The first-order valence-corrected chi connectivity index (χ1v) is 8.93. The Bertz CT molecular complexity index is 747. The molecule has 3 rings (SSSR count). The summed E-state index contributed by atoms with van der Waals surface area (Å²) < 4.78 is 1.97. The number of aliphatic hydroxyl groups is 1. The molecule has 0 saturated carbocycles. The monoisotopic (exact) mass is 329 g/mol. The van der Waals surface area contributed by atoms with Crippen LogP contribution in [0.4, 0.5) is 0 Å². The molecular formula is C18H23N3OS. The maximum Gasteiger partial charge on any atom is 0.0926 e. The average molecular weight is 329 g/mol. The molecule has 122 valence electrons. The third-order valence-corrected chi connectivity index (χ3v) is 5.11. The summed E-state index contributed by atoms with van der Waals surface area (Å²) in [5.74, 6) is 0. The van der Waals surface area contributed by atoms with Crippen LogP contribution >= 0.6 is 11.3 Å². The standard InChI is InChI=1S/C18H23N3OS/c1-3-15(12-22)21(10-14-8-9-23-13-14)11-18-16-6-4-5-7-17(16)19-20(18)2/h4-9,13,15,22H,3,10-12H2,1-2H3/t15-/m1/s1. The van der Waals surface area contributed by atoms with Gasteiger partial charge in [-0.2, -0.15) is 16.4 Å². The van der Waals surface area contributed by atoms with Gasteiger partial charge in [0.2, 0.25) is 0 Å². The number of hydrogen-bond acceptors (Lipinski definition) is 4. The predicted octanol–water partition coefficient (Wildman–Crippen LogP) is 3.41. The summed E-state index contributed by atoms with van der Waals surface area (Å²) >= 11 is 1.72. The molecule has 1 N–H and O–H groups in total. The second-order valence-corrected chi connectivity index (χ2v) is 6.65. The molecule has 0 radical (unpaired) electrons. The molecule has 5 heteroatoms. The normalized spacial score (nSPS) is 13.0. The van der Waals surface area contributed by atoms with E-state index in [0.29, 0.717) is 0 Å². The van der Waals surface area contributed by atoms with E-state index in [4.69, 9.17) is 0 Å². The van der Waals surface area contributed by atoms with Gasteiger partial charge in [0.25, 0.3) is 0 Å². The summed E-state index contributed by atoms with van der Waals surface area (Å²) in [7, 11) is 2.00. The van der Waals surface area contributed by atoms with Crippen LogP contribution in [0.1, 0.15) is 24.6 Å². The van der Waals surface area contributed by atoms with E-state index in [9.17, 15) is 5.11 Å². The Morgan fingerprint density at radius 3 is 2.78 bits per heavy atom. The van der Waals surface area contributed by atoms with E-state index in [1.807, 2.05) is 23.9 Å². The van der Waals surface area contributed by atoms with Gasteiger partial charge in [0.05, 0.1) is 17.8 Å². The first-order chi connectivity index (χ1) is 11.2. The van der Waals surface area contributed by atoms with Crippen LogP contribution in [0.15, 0.2) is 41.1 Å². The number of thiophene rings is 1. The Morgan fingerprint density at radius 2 is 2.09 bits per heavy atom. The van der Waals surface area contributed by atoms with Gasteiger partial charge in [0.15, 0.2) is 0 Å². The van der Waals surface area contributed by atoms with E-state index >= 15 is 0 Å². The summed E-state index contributed by atoms with van der Waals surface area (Å²) in [5, 5.41) is 19.9. The van der Waals surface area contributed by atoms with Crippen LogP contribution in [-0.2, 0) is 20.1 Å². The molecule has 0 spiro atoms. The maximum absolute atomic E-state index is 9.77. The van der Waals surface area contributed by atoms with E-state index in [1.165, 1.54) is 16.6 Å². The van der Waals surface area contributed by atoms with Gasteiger partial charge < -0.3 is 5.11 Å². The zero-order valence-corrected chi connectivity index (χ0v) is 14.5. The fourth-order valence-electron chi connectivity index (χ4n) is 3.02. The minimum atomic E-state index is 0.156. The lowest BCUT2D eigenvalue weighted by Crippen LogP contribution is -2.37. The fraction of sp³-hybridized carbons (Fsp3) is 0.389.